The van der Waals surface area contributed by atoms with E-state index in [9.17, 15) is 18.0 Å². The molecule has 0 aliphatic rings. The molecule has 1 N–H and O–H groups in total. The first-order valence-electron chi connectivity index (χ1n) is 9.81. The zero-order valence-corrected chi connectivity index (χ0v) is 17.8. The third-order valence-electron chi connectivity index (χ3n) is 4.78. The molecule has 2 aromatic carbocycles. The Morgan fingerprint density at radius 1 is 1.06 bits per heavy atom. The SMILES string of the molecule is CC(Sc1ncc(-c2ccccc2)n1CC(F)(F)F)C(=O)Nc1cccc2ncccc12. The van der Waals surface area contributed by atoms with Crippen LogP contribution in [0, 0.1) is 0 Å². The van der Waals surface area contributed by atoms with E-state index >= 15 is 0 Å². The normalized spacial score (nSPS) is 12.6. The predicted molar refractivity (Wildman–Crippen MR) is 119 cm³/mol. The molecular formula is C23H19F3N4OS. The van der Waals surface area contributed by atoms with Gasteiger partial charge in [-0.05, 0) is 36.8 Å². The van der Waals surface area contributed by atoms with Gasteiger partial charge in [-0.25, -0.2) is 4.98 Å². The molecule has 0 aliphatic carbocycles. The minimum atomic E-state index is -4.43. The number of fused-ring (bicyclic) bond motifs is 1. The number of carbonyl (C=O) groups excluding carboxylic acids is 1. The van der Waals surface area contributed by atoms with Crippen LogP contribution >= 0.6 is 11.8 Å². The van der Waals surface area contributed by atoms with Crippen molar-refractivity contribution in [1.82, 2.24) is 14.5 Å². The van der Waals surface area contributed by atoms with E-state index in [2.05, 4.69) is 15.3 Å². The maximum absolute atomic E-state index is 13.3. The van der Waals surface area contributed by atoms with Gasteiger partial charge in [0.15, 0.2) is 5.16 Å². The molecule has 1 amide bonds. The van der Waals surface area contributed by atoms with E-state index < -0.39 is 18.0 Å². The first-order valence-corrected chi connectivity index (χ1v) is 10.7. The van der Waals surface area contributed by atoms with Gasteiger partial charge in [-0.1, -0.05) is 48.2 Å². The third-order valence-corrected chi connectivity index (χ3v) is 5.89. The summed E-state index contributed by atoms with van der Waals surface area (Å²) in [4.78, 5) is 21.3. The highest BCUT2D eigenvalue weighted by molar-refractivity contribution is 8.00. The van der Waals surface area contributed by atoms with E-state index in [1.54, 1.807) is 61.7 Å². The van der Waals surface area contributed by atoms with Crippen LogP contribution < -0.4 is 5.32 Å². The van der Waals surface area contributed by atoms with Crippen molar-refractivity contribution in [2.24, 2.45) is 0 Å². The van der Waals surface area contributed by atoms with Crippen molar-refractivity contribution in [3.8, 4) is 11.3 Å². The van der Waals surface area contributed by atoms with Crippen LogP contribution in [0.5, 0.6) is 0 Å². The molecule has 164 valence electrons. The predicted octanol–water partition coefficient (Wildman–Crippen LogP) is 5.78. The van der Waals surface area contributed by atoms with Gasteiger partial charge in [0.2, 0.25) is 5.91 Å². The lowest BCUT2D eigenvalue weighted by Crippen LogP contribution is -2.24. The first kappa shape index (κ1) is 21.9. The number of nitrogens with zero attached hydrogens (tertiary/aromatic N) is 3. The van der Waals surface area contributed by atoms with Crippen LogP contribution in [0.15, 0.2) is 78.2 Å². The zero-order valence-electron chi connectivity index (χ0n) is 17.0. The maximum Gasteiger partial charge on any atom is 0.406 e. The number of carbonyl (C=O) groups is 1. The van der Waals surface area contributed by atoms with Crippen molar-refractivity contribution >= 4 is 34.3 Å². The average Bonchev–Trinajstić information content (AvgIpc) is 3.15. The Hall–Kier alpha value is -3.33. The molecule has 4 rings (SSSR count). The number of aromatic nitrogens is 3. The van der Waals surface area contributed by atoms with Crippen LogP contribution in [-0.2, 0) is 11.3 Å². The van der Waals surface area contributed by atoms with Crippen molar-refractivity contribution < 1.29 is 18.0 Å². The van der Waals surface area contributed by atoms with Crippen LogP contribution in [0.2, 0.25) is 0 Å². The molecule has 0 fully saturated rings. The molecule has 0 saturated heterocycles. The van der Waals surface area contributed by atoms with Gasteiger partial charge in [-0.15, -0.1) is 0 Å². The zero-order chi connectivity index (χ0) is 22.7. The molecule has 2 aromatic heterocycles. The number of rotatable bonds is 6. The Morgan fingerprint density at radius 3 is 2.59 bits per heavy atom. The lowest BCUT2D eigenvalue weighted by Gasteiger charge is -2.16. The van der Waals surface area contributed by atoms with Crippen LogP contribution in [0.1, 0.15) is 6.92 Å². The Kier molecular flexibility index (Phi) is 6.18. The van der Waals surface area contributed by atoms with Gasteiger partial charge >= 0.3 is 6.18 Å². The molecular weight excluding hydrogens is 437 g/mol. The maximum atomic E-state index is 13.3. The fourth-order valence-electron chi connectivity index (χ4n) is 3.28. The summed E-state index contributed by atoms with van der Waals surface area (Å²) in [5, 5.41) is 3.08. The molecule has 1 unspecified atom stereocenters. The number of nitrogens with one attached hydrogen (secondary N) is 1. The fraction of sp³-hybridized carbons (Fsp3) is 0.174. The number of halogens is 3. The number of benzene rings is 2. The molecule has 0 spiro atoms. The highest BCUT2D eigenvalue weighted by atomic mass is 32.2. The minimum absolute atomic E-state index is 0.128. The molecule has 0 aliphatic heterocycles. The van der Waals surface area contributed by atoms with Crippen molar-refractivity contribution in [2.45, 2.75) is 30.1 Å². The second kappa shape index (κ2) is 9.04. The third kappa shape index (κ3) is 4.94. The summed E-state index contributed by atoms with van der Waals surface area (Å²) in [6, 6.07) is 17.7. The Morgan fingerprint density at radius 2 is 1.84 bits per heavy atom. The molecule has 2 heterocycles. The molecule has 9 heteroatoms. The number of thioether (sulfide) groups is 1. The second-order valence-corrected chi connectivity index (χ2v) is 8.43. The molecule has 32 heavy (non-hydrogen) atoms. The molecule has 0 bridgehead atoms. The van der Waals surface area contributed by atoms with Crippen LogP contribution in [0.3, 0.4) is 0 Å². The van der Waals surface area contributed by atoms with E-state index in [4.69, 9.17) is 0 Å². The Labute approximate surface area is 186 Å². The Balaban J connectivity index is 1.57. The smallest absolute Gasteiger partial charge is 0.324 e. The number of hydrogen-bond donors (Lipinski definition) is 1. The van der Waals surface area contributed by atoms with E-state index in [-0.39, 0.29) is 11.1 Å². The number of anilines is 1. The molecule has 1 atom stereocenters. The summed E-state index contributed by atoms with van der Waals surface area (Å²) in [7, 11) is 0. The monoisotopic (exact) mass is 456 g/mol. The lowest BCUT2D eigenvalue weighted by atomic mass is 10.2. The van der Waals surface area contributed by atoms with Gasteiger partial charge in [0.05, 0.1) is 28.3 Å². The van der Waals surface area contributed by atoms with Gasteiger partial charge in [0.1, 0.15) is 6.54 Å². The highest BCUT2D eigenvalue weighted by Gasteiger charge is 2.31. The van der Waals surface area contributed by atoms with E-state index in [0.29, 0.717) is 16.9 Å². The van der Waals surface area contributed by atoms with Crippen LogP contribution in [-0.4, -0.2) is 31.9 Å². The van der Waals surface area contributed by atoms with Crippen molar-refractivity contribution in [1.29, 1.82) is 0 Å². The van der Waals surface area contributed by atoms with Gasteiger partial charge in [0.25, 0.3) is 0 Å². The highest BCUT2D eigenvalue weighted by Crippen LogP contribution is 2.32. The van der Waals surface area contributed by atoms with E-state index in [0.717, 1.165) is 27.2 Å². The average molecular weight is 456 g/mol. The quantitative estimate of drug-likeness (QED) is 0.374. The number of amides is 1. The second-order valence-electron chi connectivity index (χ2n) is 7.12. The molecule has 5 nitrogen and oxygen atoms in total. The lowest BCUT2D eigenvalue weighted by molar-refractivity contribution is -0.141. The van der Waals surface area contributed by atoms with Gasteiger partial charge < -0.3 is 9.88 Å². The van der Waals surface area contributed by atoms with Crippen LogP contribution in [0.4, 0.5) is 18.9 Å². The molecule has 0 radical (unpaired) electrons. The summed E-state index contributed by atoms with van der Waals surface area (Å²) >= 11 is 0.983. The summed E-state index contributed by atoms with van der Waals surface area (Å²) in [6.45, 7) is 0.446. The minimum Gasteiger partial charge on any atom is -0.324 e. The van der Waals surface area contributed by atoms with E-state index in [1.807, 2.05) is 12.1 Å². The number of hydrogen-bond acceptors (Lipinski definition) is 4. The van der Waals surface area contributed by atoms with Gasteiger partial charge in [-0.2, -0.15) is 13.2 Å². The summed E-state index contributed by atoms with van der Waals surface area (Å²) in [5.41, 5.74) is 2.30. The van der Waals surface area contributed by atoms with Crippen molar-refractivity contribution in [2.75, 3.05) is 5.32 Å². The summed E-state index contributed by atoms with van der Waals surface area (Å²) in [5.74, 6) is -0.339. The van der Waals surface area contributed by atoms with Crippen LogP contribution in [0.25, 0.3) is 22.2 Å². The number of alkyl halides is 3. The summed E-state index contributed by atoms with van der Waals surface area (Å²) < 4.78 is 41.0. The largest absolute Gasteiger partial charge is 0.406 e. The first-order chi connectivity index (χ1) is 15.3. The number of pyridine rings is 1. The molecule has 4 aromatic rings. The topological polar surface area (TPSA) is 59.8 Å². The van der Waals surface area contributed by atoms with Crippen molar-refractivity contribution in [3.63, 3.8) is 0 Å². The Bertz CT molecular complexity index is 1240. The van der Waals surface area contributed by atoms with Gasteiger partial charge in [0, 0.05) is 11.6 Å². The van der Waals surface area contributed by atoms with E-state index in [1.165, 1.54) is 6.20 Å². The number of imidazole rings is 1. The standard InChI is InChI=1S/C23H19F3N4OS/c1-15(21(31)29-19-11-5-10-18-17(19)9-6-12-27-18)32-22-28-13-20(16-7-3-2-4-8-16)30(22)14-23(24,25)26/h2-13,15H,14H2,1H3,(H,29,31). The van der Waals surface area contributed by atoms with Crippen molar-refractivity contribution in [3.05, 3.63) is 73.1 Å². The fourth-order valence-corrected chi connectivity index (χ4v) is 4.17. The molecule has 0 saturated carbocycles. The van der Waals surface area contributed by atoms with Gasteiger partial charge in [-0.3, -0.25) is 9.78 Å². The summed E-state index contributed by atoms with van der Waals surface area (Å²) in [6.07, 6.45) is -1.36.